The van der Waals surface area contributed by atoms with Crippen molar-refractivity contribution in [2.45, 2.75) is 27.2 Å². The van der Waals surface area contributed by atoms with Crippen molar-refractivity contribution in [1.29, 1.82) is 0 Å². The number of rotatable bonds is 1. The summed E-state index contributed by atoms with van der Waals surface area (Å²) in [5.41, 5.74) is 3.49. The smallest absolute Gasteiger partial charge is 0.156 e. The lowest BCUT2D eigenvalue weighted by Gasteiger charge is -2.31. The number of allylic oxidation sites excluding steroid dienone is 3. The van der Waals surface area contributed by atoms with Crippen LogP contribution in [0.3, 0.4) is 0 Å². The zero-order chi connectivity index (χ0) is 12.5. The third-order valence-electron chi connectivity index (χ3n) is 3.26. The molecule has 2 rings (SSSR count). The Kier molecular flexibility index (Phi) is 3.01. The largest absolute Gasteiger partial charge is 0.295 e. The van der Waals surface area contributed by atoms with Gasteiger partial charge < -0.3 is 0 Å². The molecule has 0 radical (unpaired) electrons. The highest BCUT2D eigenvalue weighted by Gasteiger charge is 2.30. The summed E-state index contributed by atoms with van der Waals surface area (Å²) in [5.74, 6) is 0.234. The van der Waals surface area contributed by atoms with Crippen molar-refractivity contribution in [3.8, 4) is 0 Å². The summed E-state index contributed by atoms with van der Waals surface area (Å²) in [6, 6.07) is 10.3. The summed E-state index contributed by atoms with van der Waals surface area (Å²) < 4.78 is 0. The minimum Gasteiger partial charge on any atom is -0.295 e. The molecule has 0 N–H and O–H groups in total. The second-order valence-electron chi connectivity index (χ2n) is 5.32. The van der Waals surface area contributed by atoms with E-state index in [1.807, 2.05) is 25.1 Å². The molecule has 0 atom stereocenters. The van der Waals surface area contributed by atoms with Gasteiger partial charge in [-0.15, -0.1) is 0 Å². The number of benzene rings is 1. The Morgan fingerprint density at radius 3 is 2.41 bits per heavy atom. The highest BCUT2D eigenvalue weighted by Crippen LogP contribution is 2.39. The van der Waals surface area contributed by atoms with E-state index in [9.17, 15) is 4.79 Å². The van der Waals surface area contributed by atoms with Gasteiger partial charge in [0.15, 0.2) is 5.78 Å². The summed E-state index contributed by atoms with van der Waals surface area (Å²) >= 11 is 0. The van der Waals surface area contributed by atoms with E-state index in [0.29, 0.717) is 6.42 Å². The lowest BCUT2D eigenvalue weighted by atomic mass is 9.72. The van der Waals surface area contributed by atoms with Gasteiger partial charge in [-0.1, -0.05) is 50.3 Å². The van der Waals surface area contributed by atoms with Crippen LogP contribution in [0, 0.1) is 5.41 Å². The Hall–Kier alpha value is -1.63. The van der Waals surface area contributed by atoms with Gasteiger partial charge in [0.25, 0.3) is 0 Å². The fraction of sp³-hybridized carbons (Fsp3) is 0.312. The first-order chi connectivity index (χ1) is 7.99. The number of carbonyl (C=O) groups excluding carboxylic acids is 1. The normalized spacial score (nSPS) is 21.5. The lowest BCUT2D eigenvalue weighted by molar-refractivity contribution is -0.116. The zero-order valence-electron chi connectivity index (χ0n) is 10.7. The van der Waals surface area contributed by atoms with Crippen LogP contribution in [0.4, 0.5) is 0 Å². The Morgan fingerprint density at radius 2 is 1.82 bits per heavy atom. The maximum Gasteiger partial charge on any atom is 0.156 e. The molecule has 1 aromatic carbocycles. The van der Waals surface area contributed by atoms with E-state index >= 15 is 0 Å². The van der Waals surface area contributed by atoms with Gasteiger partial charge in [-0.2, -0.15) is 0 Å². The van der Waals surface area contributed by atoms with E-state index < -0.39 is 0 Å². The van der Waals surface area contributed by atoms with Crippen molar-refractivity contribution in [3.05, 3.63) is 53.1 Å². The molecule has 1 aliphatic rings. The minimum atomic E-state index is -0.0637. The van der Waals surface area contributed by atoms with Crippen LogP contribution in [0.1, 0.15) is 32.8 Å². The predicted octanol–water partition coefficient (Wildman–Crippen LogP) is 4.02. The van der Waals surface area contributed by atoms with Gasteiger partial charge in [-0.25, -0.2) is 0 Å². The second kappa shape index (κ2) is 4.33. The van der Waals surface area contributed by atoms with Gasteiger partial charge in [0.05, 0.1) is 0 Å². The summed E-state index contributed by atoms with van der Waals surface area (Å²) in [7, 11) is 0. The van der Waals surface area contributed by atoms with Gasteiger partial charge in [0.1, 0.15) is 0 Å². The topological polar surface area (TPSA) is 17.1 Å². The van der Waals surface area contributed by atoms with Crippen LogP contribution in [0.5, 0.6) is 0 Å². The fourth-order valence-electron chi connectivity index (χ4n) is 2.46. The molecule has 0 spiro atoms. The number of ketones is 1. The number of carbonyl (C=O) groups is 1. The molecule has 1 aliphatic carbocycles. The van der Waals surface area contributed by atoms with Crippen LogP contribution < -0.4 is 0 Å². The van der Waals surface area contributed by atoms with Crippen molar-refractivity contribution < 1.29 is 4.79 Å². The third-order valence-corrected chi connectivity index (χ3v) is 3.26. The highest BCUT2D eigenvalue weighted by molar-refractivity contribution is 5.94. The first kappa shape index (κ1) is 11.8. The van der Waals surface area contributed by atoms with Crippen LogP contribution in [-0.4, -0.2) is 5.78 Å². The summed E-state index contributed by atoms with van der Waals surface area (Å²) in [4.78, 5) is 11.6. The molecule has 1 aromatic rings. The summed E-state index contributed by atoms with van der Waals surface area (Å²) in [6.07, 6.45) is 4.56. The maximum absolute atomic E-state index is 11.6. The molecular formula is C16H18O. The van der Waals surface area contributed by atoms with E-state index in [0.717, 1.165) is 5.57 Å². The average molecular weight is 226 g/mol. The van der Waals surface area contributed by atoms with Crippen molar-refractivity contribution in [3.63, 3.8) is 0 Å². The summed E-state index contributed by atoms with van der Waals surface area (Å²) in [5, 5.41) is 0. The van der Waals surface area contributed by atoms with Gasteiger partial charge in [-0.05, 0) is 35.1 Å². The fourth-order valence-corrected chi connectivity index (χ4v) is 2.46. The monoisotopic (exact) mass is 226 g/mol. The minimum absolute atomic E-state index is 0.0637. The first-order valence-corrected chi connectivity index (χ1v) is 5.98. The quantitative estimate of drug-likeness (QED) is 0.707. The van der Waals surface area contributed by atoms with Crippen molar-refractivity contribution in [2.24, 2.45) is 5.41 Å². The molecule has 0 aromatic heterocycles. The van der Waals surface area contributed by atoms with Gasteiger partial charge in [-0.3, -0.25) is 4.79 Å². The molecule has 1 nitrogen and oxygen atoms in total. The molecule has 0 saturated heterocycles. The van der Waals surface area contributed by atoms with Crippen molar-refractivity contribution in [2.75, 3.05) is 0 Å². The van der Waals surface area contributed by atoms with Crippen molar-refractivity contribution >= 4 is 11.9 Å². The van der Waals surface area contributed by atoms with Crippen LogP contribution in [0.2, 0.25) is 0 Å². The lowest BCUT2D eigenvalue weighted by Crippen LogP contribution is -2.24. The van der Waals surface area contributed by atoms with Crippen LogP contribution in [0.15, 0.2) is 47.6 Å². The van der Waals surface area contributed by atoms with Crippen LogP contribution >= 0.6 is 0 Å². The van der Waals surface area contributed by atoms with Crippen molar-refractivity contribution in [1.82, 2.24) is 0 Å². The molecule has 0 fully saturated rings. The molecule has 17 heavy (non-hydrogen) atoms. The van der Waals surface area contributed by atoms with Gasteiger partial charge in [0.2, 0.25) is 0 Å². The molecule has 0 aliphatic heterocycles. The number of hydrogen-bond donors (Lipinski definition) is 0. The van der Waals surface area contributed by atoms with Crippen LogP contribution in [0.25, 0.3) is 6.08 Å². The molecule has 0 saturated carbocycles. The highest BCUT2D eigenvalue weighted by atomic mass is 16.1. The molecule has 0 heterocycles. The SMILES string of the molecule is CC1=CC(=O)CC(C)(C)C1=Cc1ccccc1. The maximum atomic E-state index is 11.6. The van der Waals surface area contributed by atoms with E-state index in [1.54, 1.807) is 6.08 Å². The van der Waals surface area contributed by atoms with E-state index in [2.05, 4.69) is 32.1 Å². The molecule has 88 valence electrons. The third kappa shape index (κ3) is 2.55. The first-order valence-electron chi connectivity index (χ1n) is 5.98. The Bertz CT molecular complexity index is 490. The predicted molar refractivity (Wildman–Crippen MR) is 71.6 cm³/mol. The Labute approximate surface area is 103 Å². The molecule has 0 bridgehead atoms. The molecule has 1 heteroatoms. The average Bonchev–Trinajstić information content (AvgIpc) is 2.24. The van der Waals surface area contributed by atoms with Gasteiger partial charge >= 0.3 is 0 Å². The van der Waals surface area contributed by atoms with E-state index in [1.165, 1.54) is 11.1 Å². The zero-order valence-corrected chi connectivity index (χ0v) is 10.7. The second-order valence-corrected chi connectivity index (χ2v) is 5.32. The standard InChI is InChI=1S/C16H18O/c1-12-9-14(17)11-16(2,3)15(12)10-13-7-5-4-6-8-13/h4-10H,11H2,1-3H3. The van der Waals surface area contributed by atoms with Crippen LogP contribution in [-0.2, 0) is 4.79 Å². The van der Waals surface area contributed by atoms with Gasteiger partial charge in [0, 0.05) is 6.42 Å². The van der Waals surface area contributed by atoms with E-state index in [-0.39, 0.29) is 11.2 Å². The summed E-state index contributed by atoms with van der Waals surface area (Å²) in [6.45, 7) is 6.29. The Morgan fingerprint density at radius 1 is 1.18 bits per heavy atom. The number of hydrogen-bond acceptors (Lipinski definition) is 1. The molecule has 0 amide bonds. The molecular weight excluding hydrogens is 208 g/mol. The van der Waals surface area contributed by atoms with E-state index in [4.69, 9.17) is 0 Å². The Balaban J connectivity index is 2.46. The molecule has 0 unspecified atom stereocenters.